The van der Waals surface area contributed by atoms with Crippen LogP contribution in [0.3, 0.4) is 0 Å². The summed E-state index contributed by atoms with van der Waals surface area (Å²) in [5.41, 5.74) is 1.33. The van der Waals surface area contributed by atoms with Crippen LogP contribution in [-0.2, 0) is 4.79 Å². The topological polar surface area (TPSA) is 116 Å². The number of hydrogen-bond acceptors (Lipinski definition) is 7. The summed E-state index contributed by atoms with van der Waals surface area (Å²) in [4.78, 5) is 22.4. The number of carbonyl (C=O) groups excluding carboxylic acids is 1. The smallest absolute Gasteiger partial charge is 0.269 e. The molecule has 0 aliphatic carbocycles. The number of thioether (sulfide) groups is 1. The number of nitrogens with zero attached hydrogens (tertiary/aromatic N) is 4. The lowest BCUT2D eigenvalue weighted by molar-refractivity contribution is -0.384. The SMILES string of the molecule is Cc1occc1-c1nnc(SCC(=O)Nc2ccc([N+](=O)[O-])cc2)n1C(C)C. The van der Waals surface area contributed by atoms with Crippen molar-refractivity contribution in [3.8, 4) is 11.4 Å². The van der Waals surface area contributed by atoms with Crippen LogP contribution in [0.4, 0.5) is 11.4 Å². The molecule has 0 atom stereocenters. The summed E-state index contributed by atoms with van der Waals surface area (Å²) in [5, 5.41) is 22.5. The molecule has 3 aromatic rings. The maximum atomic E-state index is 12.2. The molecule has 0 saturated heterocycles. The lowest BCUT2D eigenvalue weighted by Gasteiger charge is -2.13. The summed E-state index contributed by atoms with van der Waals surface area (Å²) >= 11 is 1.27. The van der Waals surface area contributed by atoms with Gasteiger partial charge in [0.25, 0.3) is 5.69 Å². The summed E-state index contributed by atoms with van der Waals surface area (Å²) < 4.78 is 7.32. The summed E-state index contributed by atoms with van der Waals surface area (Å²) in [7, 11) is 0. The van der Waals surface area contributed by atoms with Gasteiger partial charge in [-0.1, -0.05) is 11.8 Å². The van der Waals surface area contributed by atoms with Gasteiger partial charge in [0.05, 0.1) is 22.5 Å². The van der Waals surface area contributed by atoms with Crippen LogP contribution in [0.15, 0.2) is 46.2 Å². The van der Waals surface area contributed by atoms with Crippen molar-refractivity contribution in [2.24, 2.45) is 0 Å². The van der Waals surface area contributed by atoms with Gasteiger partial charge in [0.2, 0.25) is 5.91 Å². The first-order chi connectivity index (χ1) is 13.4. The number of aryl methyl sites for hydroxylation is 1. The predicted octanol–water partition coefficient (Wildman–Crippen LogP) is 4.07. The highest BCUT2D eigenvalue weighted by atomic mass is 32.2. The Kier molecular flexibility index (Phi) is 5.78. The van der Waals surface area contributed by atoms with Gasteiger partial charge in [-0.25, -0.2) is 0 Å². The fourth-order valence-corrected chi connectivity index (χ4v) is 3.50. The minimum Gasteiger partial charge on any atom is -0.469 e. The second kappa shape index (κ2) is 8.26. The molecule has 28 heavy (non-hydrogen) atoms. The first kappa shape index (κ1) is 19.6. The second-order valence-corrected chi connectivity index (χ2v) is 7.24. The molecule has 0 spiro atoms. The van der Waals surface area contributed by atoms with Crippen molar-refractivity contribution in [3.05, 3.63) is 52.5 Å². The van der Waals surface area contributed by atoms with Gasteiger partial charge >= 0.3 is 0 Å². The number of nitro benzene ring substituents is 1. The monoisotopic (exact) mass is 401 g/mol. The van der Waals surface area contributed by atoms with Gasteiger partial charge in [0, 0.05) is 23.9 Å². The van der Waals surface area contributed by atoms with E-state index >= 15 is 0 Å². The van der Waals surface area contributed by atoms with Crippen LogP contribution in [0.5, 0.6) is 0 Å². The Morgan fingerprint density at radius 3 is 2.57 bits per heavy atom. The molecule has 0 aliphatic heterocycles. The molecule has 2 heterocycles. The Morgan fingerprint density at radius 1 is 1.29 bits per heavy atom. The Bertz CT molecular complexity index is 994. The molecular formula is C18H19N5O4S. The van der Waals surface area contributed by atoms with Crippen LogP contribution >= 0.6 is 11.8 Å². The van der Waals surface area contributed by atoms with Crippen molar-refractivity contribution < 1.29 is 14.1 Å². The van der Waals surface area contributed by atoms with Crippen molar-refractivity contribution in [2.75, 3.05) is 11.1 Å². The molecule has 0 bridgehead atoms. The highest BCUT2D eigenvalue weighted by Crippen LogP contribution is 2.30. The van der Waals surface area contributed by atoms with Crippen LogP contribution in [0.25, 0.3) is 11.4 Å². The van der Waals surface area contributed by atoms with Crippen LogP contribution in [0.2, 0.25) is 0 Å². The fourth-order valence-electron chi connectivity index (χ4n) is 2.64. The molecular weight excluding hydrogens is 382 g/mol. The summed E-state index contributed by atoms with van der Waals surface area (Å²) in [6, 6.07) is 7.62. The van der Waals surface area contributed by atoms with E-state index in [1.54, 1.807) is 6.26 Å². The molecule has 1 amide bonds. The first-order valence-electron chi connectivity index (χ1n) is 8.53. The van der Waals surface area contributed by atoms with Crippen molar-refractivity contribution >= 4 is 29.0 Å². The minimum atomic E-state index is -0.487. The third-order valence-electron chi connectivity index (χ3n) is 3.97. The fraction of sp³-hybridized carbons (Fsp3) is 0.278. The average Bonchev–Trinajstić information content (AvgIpc) is 3.26. The minimum absolute atomic E-state index is 0.0283. The standard InChI is InChI=1S/C18H19N5O4S/c1-11(2)22-17(15-8-9-27-12(15)3)20-21-18(22)28-10-16(24)19-13-4-6-14(7-5-13)23(25)26/h4-9,11H,10H2,1-3H3,(H,19,24). The molecule has 0 saturated carbocycles. The van der Waals surface area contributed by atoms with E-state index in [9.17, 15) is 14.9 Å². The first-order valence-corrected chi connectivity index (χ1v) is 9.52. The Labute approximate surface area is 165 Å². The lowest BCUT2D eigenvalue weighted by Crippen LogP contribution is -2.15. The van der Waals surface area contributed by atoms with Gasteiger partial charge in [0.1, 0.15) is 5.76 Å². The molecule has 2 aromatic heterocycles. The largest absolute Gasteiger partial charge is 0.469 e. The number of hydrogen-bond donors (Lipinski definition) is 1. The molecule has 0 radical (unpaired) electrons. The van der Waals surface area contributed by atoms with Gasteiger partial charge < -0.3 is 9.73 Å². The molecule has 3 rings (SSSR count). The van der Waals surface area contributed by atoms with Gasteiger partial charge in [-0.05, 0) is 39.0 Å². The number of carbonyl (C=O) groups is 1. The number of rotatable bonds is 7. The van der Waals surface area contributed by atoms with Gasteiger partial charge in [-0.15, -0.1) is 10.2 Å². The van der Waals surface area contributed by atoms with E-state index in [0.717, 1.165) is 11.3 Å². The van der Waals surface area contributed by atoms with Crippen molar-refractivity contribution in [1.29, 1.82) is 0 Å². The van der Waals surface area contributed by atoms with E-state index in [2.05, 4.69) is 15.5 Å². The van der Waals surface area contributed by atoms with Crippen LogP contribution in [-0.4, -0.2) is 31.3 Å². The quantitative estimate of drug-likeness (QED) is 0.360. The Balaban J connectivity index is 1.69. The number of furan rings is 1. The number of amides is 1. The second-order valence-electron chi connectivity index (χ2n) is 6.30. The van der Waals surface area contributed by atoms with E-state index in [1.165, 1.54) is 36.0 Å². The molecule has 0 unspecified atom stereocenters. The number of aromatic nitrogens is 3. The third kappa shape index (κ3) is 4.22. The highest BCUT2D eigenvalue weighted by molar-refractivity contribution is 7.99. The molecule has 1 N–H and O–H groups in total. The third-order valence-corrected chi connectivity index (χ3v) is 4.92. The van der Waals surface area contributed by atoms with E-state index in [1.807, 2.05) is 31.4 Å². The van der Waals surface area contributed by atoms with Crippen molar-refractivity contribution in [2.45, 2.75) is 32.0 Å². The number of nitro groups is 1. The maximum absolute atomic E-state index is 12.2. The molecule has 0 aliphatic rings. The van der Waals surface area contributed by atoms with E-state index in [-0.39, 0.29) is 23.4 Å². The molecule has 146 valence electrons. The summed E-state index contributed by atoms with van der Waals surface area (Å²) in [6.07, 6.45) is 1.61. The predicted molar refractivity (Wildman–Crippen MR) is 105 cm³/mol. The summed E-state index contributed by atoms with van der Waals surface area (Å²) in [5.74, 6) is 1.34. The van der Waals surface area contributed by atoms with E-state index < -0.39 is 4.92 Å². The van der Waals surface area contributed by atoms with Crippen LogP contribution in [0.1, 0.15) is 25.6 Å². The lowest BCUT2D eigenvalue weighted by atomic mass is 10.2. The molecule has 10 heteroatoms. The maximum Gasteiger partial charge on any atom is 0.269 e. The van der Waals surface area contributed by atoms with E-state index in [4.69, 9.17) is 4.42 Å². The van der Waals surface area contributed by atoms with Crippen molar-refractivity contribution in [1.82, 2.24) is 14.8 Å². The zero-order valence-corrected chi connectivity index (χ0v) is 16.4. The van der Waals surface area contributed by atoms with Crippen LogP contribution in [0, 0.1) is 17.0 Å². The van der Waals surface area contributed by atoms with Gasteiger partial charge in [0.15, 0.2) is 11.0 Å². The Morgan fingerprint density at radius 2 is 2.00 bits per heavy atom. The molecule has 1 aromatic carbocycles. The number of anilines is 1. The number of benzene rings is 1. The van der Waals surface area contributed by atoms with E-state index in [0.29, 0.717) is 16.7 Å². The zero-order valence-electron chi connectivity index (χ0n) is 15.6. The molecule has 9 nitrogen and oxygen atoms in total. The molecule has 0 fully saturated rings. The number of nitrogens with one attached hydrogen (secondary N) is 1. The normalized spacial score (nSPS) is 11.0. The zero-order chi connectivity index (χ0) is 20.3. The summed E-state index contributed by atoms with van der Waals surface area (Å²) in [6.45, 7) is 5.89. The van der Waals surface area contributed by atoms with Crippen molar-refractivity contribution in [3.63, 3.8) is 0 Å². The van der Waals surface area contributed by atoms with Crippen LogP contribution < -0.4 is 5.32 Å². The van der Waals surface area contributed by atoms with Gasteiger partial charge in [-0.3, -0.25) is 19.5 Å². The van der Waals surface area contributed by atoms with Gasteiger partial charge in [-0.2, -0.15) is 0 Å². The highest BCUT2D eigenvalue weighted by Gasteiger charge is 2.20. The number of non-ortho nitro benzene ring substituents is 1. The average molecular weight is 401 g/mol. The Hall–Kier alpha value is -3.14.